The SMILES string of the molecule is Cc1ccc(Cl)cc1NC(=O)c1cccc(N2C(=O)[C@@H]3[C@H](C2=O)[C@H]2C=C[C@@H]3C2)c1. The van der Waals surface area contributed by atoms with Gasteiger partial charge in [0.05, 0.1) is 17.5 Å². The number of hydrogen-bond donors (Lipinski definition) is 1. The number of rotatable bonds is 3. The van der Waals surface area contributed by atoms with E-state index in [1.54, 1.807) is 36.4 Å². The van der Waals surface area contributed by atoms with E-state index in [1.165, 1.54) is 4.90 Å². The highest BCUT2D eigenvalue weighted by molar-refractivity contribution is 6.31. The van der Waals surface area contributed by atoms with Crippen molar-refractivity contribution in [2.45, 2.75) is 13.3 Å². The number of nitrogens with zero attached hydrogens (tertiary/aromatic N) is 1. The molecule has 4 atom stereocenters. The smallest absolute Gasteiger partial charge is 0.255 e. The number of aryl methyl sites for hydroxylation is 1. The van der Waals surface area contributed by atoms with E-state index in [0.717, 1.165) is 12.0 Å². The molecule has 2 aromatic carbocycles. The fourth-order valence-corrected chi connectivity index (χ4v) is 5.04. The summed E-state index contributed by atoms with van der Waals surface area (Å²) < 4.78 is 0. The second-order valence-corrected chi connectivity index (χ2v) is 8.41. The third-order valence-corrected chi connectivity index (χ3v) is 6.52. The molecular formula is C23H19ClN2O3. The van der Waals surface area contributed by atoms with Crippen molar-refractivity contribution in [2.24, 2.45) is 23.7 Å². The van der Waals surface area contributed by atoms with Crippen LogP contribution in [0, 0.1) is 30.6 Å². The zero-order valence-electron chi connectivity index (χ0n) is 15.8. The molecule has 3 amide bonds. The van der Waals surface area contributed by atoms with Gasteiger partial charge >= 0.3 is 0 Å². The number of halogens is 1. The third kappa shape index (κ3) is 2.80. The first-order valence-electron chi connectivity index (χ1n) is 9.68. The van der Waals surface area contributed by atoms with Crippen molar-refractivity contribution in [3.05, 3.63) is 70.8 Å². The molecule has 0 spiro atoms. The number of anilines is 2. The summed E-state index contributed by atoms with van der Waals surface area (Å²) >= 11 is 6.03. The molecule has 1 N–H and O–H groups in total. The largest absolute Gasteiger partial charge is 0.322 e. The van der Waals surface area contributed by atoms with Crippen molar-refractivity contribution in [1.82, 2.24) is 0 Å². The van der Waals surface area contributed by atoms with Gasteiger partial charge in [-0.25, -0.2) is 4.90 Å². The molecule has 2 aromatic rings. The van der Waals surface area contributed by atoms with Crippen LogP contribution in [0.3, 0.4) is 0 Å². The Bertz CT molecular complexity index is 1060. The van der Waals surface area contributed by atoms with E-state index in [2.05, 4.69) is 17.5 Å². The minimum absolute atomic E-state index is 0.153. The van der Waals surface area contributed by atoms with Gasteiger partial charge in [0.2, 0.25) is 11.8 Å². The Hall–Kier alpha value is -2.92. The second-order valence-electron chi connectivity index (χ2n) is 7.98. The van der Waals surface area contributed by atoms with Gasteiger partial charge in [-0.3, -0.25) is 14.4 Å². The first-order valence-corrected chi connectivity index (χ1v) is 10.1. The van der Waals surface area contributed by atoms with Crippen LogP contribution >= 0.6 is 11.6 Å². The Labute approximate surface area is 173 Å². The molecule has 1 heterocycles. The van der Waals surface area contributed by atoms with Crippen LogP contribution in [0.2, 0.25) is 5.02 Å². The number of hydrogen-bond acceptors (Lipinski definition) is 3. The van der Waals surface area contributed by atoms with Gasteiger partial charge in [0.25, 0.3) is 5.91 Å². The Morgan fingerprint density at radius 3 is 2.41 bits per heavy atom. The molecule has 0 unspecified atom stereocenters. The number of carbonyl (C=O) groups is 3. The predicted octanol–water partition coefficient (Wildman–Crippen LogP) is 4.21. The number of benzene rings is 2. The molecule has 1 aliphatic heterocycles. The van der Waals surface area contributed by atoms with E-state index in [-0.39, 0.29) is 41.4 Å². The van der Waals surface area contributed by atoms with E-state index < -0.39 is 0 Å². The number of imide groups is 1. The molecule has 1 saturated heterocycles. The molecular weight excluding hydrogens is 388 g/mol. The minimum atomic E-state index is -0.321. The summed E-state index contributed by atoms with van der Waals surface area (Å²) in [5, 5.41) is 3.38. The maximum absolute atomic E-state index is 13.0. The van der Waals surface area contributed by atoms with Gasteiger partial charge in [-0.2, -0.15) is 0 Å². The highest BCUT2D eigenvalue weighted by Gasteiger charge is 2.59. The highest BCUT2D eigenvalue weighted by atomic mass is 35.5. The summed E-state index contributed by atoms with van der Waals surface area (Å²) in [6, 6.07) is 11.9. The fourth-order valence-electron chi connectivity index (χ4n) is 4.87. The van der Waals surface area contributed by atoms with Crippen molar-refractivity contribution >= 4 is 40.7 Å². The molecule has 2 aliphatic carbocycles. The summed E-state index contributed by atoms with van der Waals surface area (Å²) in [6.07, 6.45) is 5.03. The average molecular weight is 407 g/mol. The number of nitrogens with one attached hydrogen (secondary N) is 1. The number of amides is 3. The molecule has 6 heteroatoms. The average Bonchev–Trinajstić information content (AvgIpc) is 3.38. The molecule has 0 aromatic heterocycles. The van der Waals surface area contributed by atoms with Gasteiger partial charge in [-0.1, -0.05) is 35.9 Å². The van der Waals surface area contributed by atoms with Gasteiger partial charge < -0.3 is 5.32 Å². The molecule has 5 rings (SSSR count). The summed E-state index contributed by atoms with van der Waals surface area (Å²) in [6.45, 7) is 1.88. The molecule has 2 bridgehead atoms. The normalized spacial score (nSPS) is 26.9. The van der Waals surface area contributed by atoms with E-state index in [0.29, 0.717) is 22.0 Å². The van der Waals surface area contributed by atoms with Crippen LogP contribution < -0.4 is 10.2 Å². The molecule has 0 radical (unpaired) electrons. The zero-order valence-corrected chi connectivity index (χ0v) is 16.5. The standard InChI is InChI=1S/C23H19ClN2O3/c1-12-5-8-16(24)11-18(12)25-21(27)15-3-2-4-17(10-15)26-22(28)19-13-6-7-14(9-13)20(19)23(26)29/h2-8,10-11,13-14,19-20H,9H2,1H3,(H,25,27)/t13-,14+,19+,20-. The van der Waals surface area contributed by atoms with Crippen molar-refractivity contribution in [1.29, 1.82) is 0 Å². The fraction of sp³-hybridized carbons (Fsp3) is 0.261. The van der Waals surface area contributed by atoms with Crippen molar-refractivity contribution < 1.29 is 14.4 Å². The van der Waals surface area contributed by atoms with E-state index in [9.17, 15) is 14.4 Å². The topological polar surface area (TPSA) is 66.5 Å². The maximum Gasteiger partial charge on any atom is 0.255 e. The minimum Gasteiger partial charge on any atom is -0.322 e. The van der Waals surface area contributed by atoms with Gasteiger partial charge in [0.1, 0.15) is 0 Å². The van der Waals surface area contributed by atoms with Crippen LogP contribution in [0.4, 0.5) is 11.4 Å². The summed E-state index contributed by atoms with van der Waals surface area (Å²) in [7, 11) is 0. The predicted molar refractivity (Wildman–Crippen MR) is 111 cm³/mol. The van der Waals surface area contributed by atoms with Crippen molar-refractivity contribution in [3.63, 3.8) is 0 Å². The van der Waals surface area contributed by atoms with Gasteiger partial charge in [-0.05, 0) is 61.1 Å². The molecule has 3 aliphatic rings. The molecule has 146 valence electrons. The number of allylic oxidation sites excluding steroid dienone is 2. The lowest BCUT2D eigenvalue weighted by Gasteiger charge is -2.18. The molecule has 29 heavy (non-hydrogen) atoms. The first kappa shape index (κ1) is 18.1. The van der Waals surface area contributed by atoms with E-state index in [1.807, 2.05) is 13.0 Å². The van der Waals surface area contributed by atoms with E-state index in [4.69, 9.17) is 11.6 Å². The zero-order chi connectivity index (χ0) is 20.3. The number of fused-ring (bicyclic) bond motifs is 5. The van der Waals surface area contributed by atoms with Crippen LogP contribution in [0.5, 0.6) is 0 Å². The highest BCUT2D eigenvalue weighted by Crippen LogP contribution is 2.53. The van der Waals surface area contributed by atoms with Crippen molar-refractivity contribution in [3.8, 4) is 0 Å². The molecule has 2 fully saturated rings. The Kier molecular flexibility index (Phi) is 4.10. The lowest BCUT2D eigenvalue weighted by Crippen LogP contribution is -2.33. The molecule has 1 saturated carbocycles. The summed E-state index contributed by atoms with van der Waals surface area (Å²) in [5.74, 6) is -0.834. The summed E-state index contributed by atoms with van der Waals surface area (Å²) in [4.78, 5) is 40.0. The van der Waals surface area contributed by atoms with E-state index >= 15 is 0 Å². The Morgan fingerprint density at radius 1 is 1.03 bits per heavy atom. The lowest BCUT2D eigenvalue weighted by molar-refractivity contribution is -0.123. The van der Waals surface area contributed by atoms with Gasteiger partial charge in [-0.15, -0.1) is 0 Å². The monoisotopic (exact) mass is 406 g/mol. The van der Waals surface area contributed by atoms with Gasteiger partial charge in [0.15, 0.2) is 0 Å². The second kappa shape index (κ2) is 6.56. The Morgan fingerprint density at radius 2 is 1.72 bits per heavy atom. The molecule has 5 nitrogen and oxygen atoms in total. The maximum atomic E-state index is 13.0. The van der Waals surface area contributed by atoms with Crippen LogP contribution in [-0.4, -0.2) is 17.7 Å². The Balaban J connectivity index is 1.42. The van der Waals surface area contributed by atoms with Crippen LogP contribution in [0.25, 0.3) is 0 Å². The van der Waals surface area contributed by atoms with Crippen LogP contribution in [-0.2, 0) is 9.59 Å². The van der Waals surface area contributed by atoms with Crippen molar-refractivity contribution in [2.75, 3.05) is 10.2 Å². The third-order valence-electron chi connectivity index (χ3n) is 6.28. The number of carbonyl (C=O) groups excluding carboxylic acids is 3. The quantitative estimate of drug-likeness (QED) is 0.613. The van der Waals surface area contributed by atoms with Crippen LogP contribution in [0.15, 0.2) is 54.6 Å². The lowest BCUT2D eigenvalue weighted by atomic mass is 9.85. The van der Waals surface area contributed by atoms with Crippen LogP contribution in [0.1, 0.15) is 22.3 Å². The first-order chi connectivity index (χ1) is 13.9. The summed E-state index contributed by atoms with van der Waals surface area (Å²) in [5.41, 5.74) is 2.34. The van der Waals surface area contributed by atoms with Gasteiger partial charge in [0, 0.05) is 16.3 Å².